The molecule has 0 aliphatic carbocycles. The summed E-state index contributed by atoms with van der Waals surface area (Å²) in [5, 5.41) is 3.33. The third kappa shape index (κ3) is 4.46. The number of hydrogen-bond donors (Lipinski definition) is 2. The van der Waals surface area contributed by atoms with Crippen LogP contribution in [0.5, 0.6) is 5.75 Å². The standard InChI is InChI=1S/C18H20ClFN2O2/c1-12(22(2)11-13-6-4-5-7-15(13)20)18(23)21-16-10-14(19)8-9-17(16)24-3/h4-10,12H,11H2,1-3H3,(H,21,23)/p+1/t12-/m0/s1. The second-order valence-electron chi connectivity index (χ2n) is 5.67. The lowest BCUT2D eigenvalue weighted by atomic mass is 10.1. The minimum Gasteiger partial charge on any atom is -0.495 e. The third-order valence-electron chi connectivity index (χ3n) is 3.98. The molecule has 2 rings (SSSR count). The van der Waals surface area contributed by atoms with Crippen LogP contribution in [-0.2, 0) is 11.3 Å². The van der Waals surface area contributed by atoms with Crippen molar-refractivity contribution < 1.29 is 18.8 Å². The van der Waals surface area contributed by atoms with Crippen molar-refractivity contribution in [1.29, 1.82) is 0 Å². The highest BCUT2D eigenvalue weighted by Gasteiger charge is 2.23. The number of likely N-dealkylation sites (N-methyl/N-ethyl adjacent to an activating group) is 1. The molecular weight excluding hydrogens is 331 g/mol. The fourth-order valence-electron chi connectivity index (χ4n) is 2.34. The van der Waals surface area contributed by atoms with Gasteiger partial charge in [0.2, 0.25) is 0 Å². The number of rotatable bonds is 6. The lowest BCUT2D eigenvalue weighted by Gasteiger charge is -2.22. The number of ether oxygens (including phenoxy) is 1. The van der Waals surface area contributed by atoms with E-state index in [4.69, 9.17) is 16.3 Å². The zero-order valence-corrected chi connectivity index (χ0v) is 14.7. The molecule has 0 spiro atoms. The average molecular weight is 352 g/mol. The first-order valence-electron chi connectivity index (χ1n) is 7.62. The van der Waals surface area contributed by atoms with E-state index < -0.39 is 0 Å². The first-order valence-corrected chi connectivity index (χ1v) is 8.00. The third-order valence-corrected chi connectivity index (χ3v) is 4.21. The van der Waals surface area contributed by atoms with Crippen molar-refractivity contribution in [3.8, 4) is 5.75 Å². The highest BCUT2D eigenvalue weighted by atomic mass is 35.5. The van der Waals surface area contributed by atoms with Gasteiger partial charge in [0.05, 0.1) is 19.8 Å². The summed E-state index contributed by atoms with van der Waals surface area (Å²) in [6.45, 7) is 2.20. The highest BCUT2D eigenvalue weighted by Crippen LogP contribution is 2.27. The normalized spacial score (nSPS) is 13.2. The first-order chi connectivity index (χ1) is 11.4. The summed E-state index contributed by atoms with van der Waals surface area (Å²) in [5.41, 5.74) is 1.09. The van der Waals surface area contributed by atoms with Gasteiger partial charge < -0.3 is 15.0 Å². The minimum atomic E-state index is -0.381. The molecule has 128 valence electrons. The van der Waals surface area contributed by atoms with Gasteiger partial charge in [0.25, 0.3) is 5.91 Å². The summed E-state index contributed by atoms with van der Waals surface area (Å²) in [6.07, 6.45) is 0. The van der Waals surface area contributed by atoms with Crippen molar-refractivity contribution >= 4 is 23.2 Å². The maximum Gasteiger partial charge on any atom is 0.282 e. The molecule has 24 heavy (non-hydrogen) atoms. The number of anilines is 1. The van der Waals surface area contributed by atoms with E-state index >= 15 is 0 Å². The number of methoxy groups -OCH3 is 1. The Morgan fingerprint density at radius 3 is 2.71 bits per heavy atom. The Balaban J connectivity index is 2.06. The molecule has 0 bridgehead atoms. The lowest BCUT2D eigenvalue weighted by molar-refractivity contribution is -0.908. The summed E-state index contributed by atoms with van der Waals surface area (Å²) in [5.74, 6) is 0.0806. The quantitative estimate of drug-likeness (QED) is 0.840. The zero-order chi connectivity index (χ0) is 17.7. The van der Waals surface area contributed by atoms with Crippen molar-refractivity contribution in [2.45, 2.75) is 19.5 Å². The summed E-state index contributed by atoms with van der Waals surface area (Å²) >= 11 is 5.97. The maximum atomic E-state index is 13.8. The number of hydrogen-bond acceptors (Lipinski definition) is 2. The van der Waals surface area contributed by atoms with Crippen molar-refractivity contribution in [1.82, 2.24) is 0 Å². The topological polar surface area (TPSA) is 42.8 Å². The number of carbonyl (C=O) groups is 1. The maximum absolute atomic E-state index is 13.8. The fraction of sp³-hybridized carbons (Fsp3) is 0.278. The van der Waals surface area contributed by atoms with Crippen LogP contribution in [0.3, 0.4) is 0 Å². The van der Waals surface area contributed by atoms with Crippen LogP contribution in [0.4, 0.5) is 10.1 Å². The summed E-state index contributed by atoms with van der Waals surface area (Å²) in [7, 11) is 3.38. The Kier molecular flexibility index (Phi) is 6.17. The van der Waals surface area contributed by atoms with Crippen LogP contribution in [0.2, 0.25) is 5.02 Å². The number of carbonyl (C=O) groups excluding carboxylic acids is 1. The molecule has 2 atom stereocenters. The number of nitrogens with one attached hydrogen (secondary N) is 2. The number of benzene rings is 2. The Hall–Kier alpha value is -2.11. The van der Waals surface area contributed by atoms with Gasteiger partial charge in [0.15, 0.2) is 6.04 Å². The SMILES string of the molecule is COc1ccc(Cl)cc1NC(=O)[C@H](C)[NH+](C)Cc1ccccc1F. The van der Waals surface area contributed by atoms with Gasteiger partial charge in [-0.3, -0.25) is 4.79 Å². The van der Waals surface area contributed by atoms with Crippen LogP contribution in [0.25, 0.3) is 0 Å². The smallest absolute Gasteiger partial charge is 0.282 e. The molecule has 1 unspecified atom stereocenters. The number of quaternary nitrogens is 1. The second kappa shape index (κ2) is 8.13. The molecule has 6 heteroatoms. The molecule has 0 aromatic heterocycles. The van der Waals surface area contributed by atoms with Gasteiger partial charge in [0, 0.05) is 10.6 Å². The van der Waals surface area contributed by atoms with Crippen molar-refractivity contribution in [2.75, 3.05) is 19.5 Å². The molecule has 2 aromatic carbocycles. The monoisotopic (exact) mass is 351 g/mol. The van der Waals surface area contributed by atoms with Crippen LogP contribution < -0.4 is 15.0 Å². The molecule has 0 aliphatic rings. The van der Waals surface area contributed by atoms with E-state index in [1.54, 1.807) is 43.3 Å². The van der Waals surface area contributed by atoms with Gasteiger partial charge in [-0.1, -0.05) is 29.8 Å². The van der Waals surface area contributed by atoms with E-state index in [0.29, 0.717) is 28.6 Å². The number of amides is 1. The van der Waals surface area contributed by atoms with E-state index in [1.165, 1.54) is 13.2 Å². The minimum absolute atomic E-state index is 0.190. The molecule has 2 N–H and O–H groups in total. The predicted octanol–water partition coefficient (Wildman–Crippen LogP) is 2.53. The van der Waals surface area contributed by atoms with Crippen molar-refractivity contribution in [2.24, 2.45) is 0 Å². The molecule has 0 saturated carbocycles. The molecular formula is C18H21ClFN2O2+. The van der Waals surface area contributed by atoms with E-state index in [9.17, 15) is 9.18 Å². The largest absolute Gasteiger partial charge is 0.495 e. The Morgan fingerprint density at radius 1 is 1.33 bits per heavy atom. The fourth-order valence-corrected chi connectivity index (χ4v) is 2.51. The van der Waals surface area contributed by atoms with Gasteiger partial charge in [-0.25, -0.2) is 4.39 Å². The molecule has 0 radical (unpaired) electrons. The van der Waals surface area contributed by atoms with Gasteiger partial charge in [-0.15, -0.1) is 0 Å². The van der Waals surface area contributed by atoms with Crippen LogP contribution in [0.15, 0.2) is 42.5 Å². The zero-order valence-electron chi connectivity index (χ0n) is 13.9. The van der Waals surface area contributed by atoms with Crippen LogP contribution in [0.1, 0.15) is 12.5 Å². The van der Waals surface area contributed by atoms with Gasteiger partial charge in [0.1, 0.15) is 18.1 Å². The first kappa shape index (κ1) is 18.2. The predicted molar refractivity (Wildman–Crippen MR) is 93.1 cm³/mol. The van der Waals surface area contributed by atoms with Crippen molar-refractivity contribution in [3.63, 3.8) is 0 Å². The Bertz CT molecular complexity index is 724. The Labute approximate surface area is 146 Å². The molecule has 2 aromatic rings. The average Bonchev–Trinajstić information content (AvgIpc) is 2.56. The van der Waals surface area contributed by atoms with Crippen LogP contribution >= 0.6 is 11.6 Å². The van der Waals surface area contributed by atoms with Crippen molar-refractivity contribution in [3.05, 3.63) is 58.9 Å². The number of halogens is 2. The van der Waals surface area contributed by atoms with E-state index in [2.05, 4.69) is 5.32 Å². The second-order valence-corrected chi connectivity index (χ2v) is 6.11. The highest BCUT2D eigenvalue weighted by molar-refractivity contribution is 6.31. The molecule has 4 nitrogen and oxygen atoms in total. The van der Waals surface area contributed by atoms with Gasteiger partial charge >= 0.3 is 0 Å². The lowest BCUT2D eigenvalue weighted by Crippen LogP contribution is -3.12. The molecule has 0 heterocycles. The van der Waals surface area contributed by atoms with Gasteiger partial charge in [-0.05, 0) is 31.2 Å². The molecule has 0 fully saturated rings. The molecule has 0 saturated heterocycles. The van der Waals surface area contributed by atoms with E-state index in [1.807, 2.05) is 7.05 Å². The molecule has 1 amide bonds. The van der Waals surface area contributed by atoms with E-state index in [-0.39, 0.29) is 17.8 Å². The van der Waals surface area contributed by atoms with Gasteiger partial charge in [-0.2, -0.15) is 0 Å². The summed E-state index contributed by atoms with van der Waals surface area (Å²) < 4.78 is 19.0. The summed E-state index contributed by atoms with van der Waals surface area (Å²) in [4.78, 5) is 13.4. The van der Waals surface area contributed by atoms with Crippen LogP contribution in [0, 0.1) is 5.82 Å². The van der Waals surface area contributed by atoms with Crippen LogP contribution in [-0.4, -0.2) is 26.1 Å². The van der Waals surface area contributed by atoms with E-state index in [0.717, 1.165) is 4.90 Å². The summed E-state index contributed by atoms with van der Waals surface area (Å²) in [6, 6.07) is 11.2. The Morgan fingerprint density at radius 2 is 2.04 bits per heavy atom. The molecule has 0 aliphatic heterocycles.